The Balaban J connectivity index is 2.09. The lowest BCUT2D eigenvalue weighted by Gasteiger charge is -2.25. The number of halogens is 1. The molecule has 0 bridgehead atoms. The average Bonchev–Trinajstić information content (AvgIpc) is 2.77. The van der Waals surface area contributed by atoms with Crippen LogP contribution in [-0.2, 0) is 12.0 Å². The summed E-state index contributed by atoms with van der Waals surface area (Å²) in [5.41, 5.74) is 2.75. The van der Waals surface area contributed by atoms with Crippen molar-refractivity contribution in [3.63, 3.8) is 0 Å². The Morgan fingerprint density at radius 2 is 2.21 bits per heavy atom. The monoisotopic (exact) mass is 191 g/mol. The van der Waals surface area contributed by atoms with E-state index < -0.39 is 0 Å². The maximum atomic E-state index is 13.0. The third-order valence-electron chi connectivity index (χ3n) is 3.65. The molecule has 0 amide bonds. The molecule has 0 saturated carbocycles. The second kappa shape index (κ2) is 2.80. The van der Waals surface area contributed by atoms with Crippen molar-refractivity contribution in [2.24, 2.45) is 0 Å². The molecule has 1 aromatic rings. The van der Waals surface area contributed by atoms with Crippen molar-refractivity contribution in [1.29, 1.82) is 0 Å². The molecule has 1 heterocycles. The largest absolute Gasteiger partial charge is 0.307 e. The zero-order chi connectivity index (χ0) is 9.60. The first-order chi connectivity index (χ1) is 6.80. The lowest BCUT2D eigenvalue weighted by Crippen LogP contribution is -2.34. The van der Waals surface area contributed by atoms with E-state index in [0.717, 1.165) is 19.4 Å². The molecule has 1 saturated heterocycles. The summed E-state index contributed by atoms with van der Waals surface area (Å²) in [4.78, 5) is 0. The Hall–Kier alpha value is -0.890. The summed E-state index contributed by atoms with van der Waals surface area (Å²) in [6.45, 7) is 1.11. The fourth-order valence-corrected chi connectivity index (χ4v) is 2.97. The van der Waals surface area contributed by atoms with E-state index in [-0.39, 0.29) is 11.4 Å². The molecule has 2 heteroatoms. The quantitative estimate of drug-likeness (QED) is 0.663. The maximum Gasteiger partial charge on any atom is 0.123 e. The van der Waals surface area contributed by atoms with Gasteiger partial charge in [0.25, 0.3) is 0 Å². The van der Waals surface area contributed by atoms with Crippen molar-refractivity contribution >= 4 is 0 Å². The molecule has 0 aromatic heterocycles. The average molecular weight is 191 g/mol. The van der Waals surface area contributed by atoms with Crippen molar-refractivity contribution in [2.45, 2.75) is 31.2 Å². The molecule has 3 rings (SSSR count). The summed E-state index contributed by atoms with van der Waals surface area (Å²) in [6, 6.07) is 5.26. The van der Waals surface area contributed by atoms with Gasteiger partial charge in [-0.2, -0.15) is 0 Å². The molecule has 74 valence electrons. The van der Waals surface area contributed by atoms with Crippen molar-refractivity contribution < 1.29 is 4.39 Å². The second-order valence-electron chi connectivity index (χ2n) is 4.41. The van der Waals surface area contributed by atoms with Crippen molar-refractivity contribution in [3.05, 3.63) is 35.1 Å². The molecule has 1 fully saturated rings. The van der Waals surface area contributed by atoms with E-state index in [4.69, 9.17) is 0 Å². The van der Waals surface area contributed by atoms with Crippen molar-refractivity contribution in [3.8, 4) is 0 Å². The van der Waals surface area contributed by atoms with Gasteiger partial charge in [-0.1, -0.05) is 6.07 Å². The van der Waals surface area contributed by atoms with Crippen LogP contribution in [0.2, 0.25) is 0 Å². The predicted octanol–water partition coefficient (Wildman–Crippen LogP) is 2.35. The second-order valence-corrected chi connectivity index (χ2v) is 4.41. The molecule has 1 spiro atoms. The van der Waals surface area contributed by atoms with Crippen LogP contribution >= 0.6 is 0 Å². The zero-order valence-electron chi connectivity index (χ0n) is 8.15. The van der Waals surface area contributed by atoms with E-state index in [2.05, 4.69) is 5.32 Å². The van der Waals surface area contributed by atoms with Crippen LogP contribution in [0.15, 0.2) is 18.2 Å². The van der Waals surface area contributed by atoms with Gasteiger partial charge in [0.2, 0.25) is 0 Å². The summed E-state index contributed by atoms with van der Waals surface area (Å²) in [7, 11) is 0. The number of hydrogen-bond acceptors (Lipinski definition) is 1. The molecule has 0 radical (unpaired) electrons. The molecule has 2 aliphatic rings. The van der Waals surface area contributed by atoms with E-state index in [1.807, 2.05) is 6.07 Å². The SMILES string of the molecule is Fc1ccc2c(c1)CCC21CCCN1. The van der Waals surface area contributed by atoms with Crippen LogP contribution in [0.1, 0.15) is 30.4 Å². The van der Waals surface area contributed by atoms with Crippen LogP contribution in [0.3, 0.4) is 0 Å². The van der Waals surface area contributed by atoms with Gasteiger partial charge >= 0.3 is 0 Å². The molecule has 1 aliphatic heterocycles. The first kappa shape index (κ1) is 8.42. The molecule has 14 heavy (non-hydrogen) atoms. The summed E-state index contributed by atoms with van der Waals surface area (Å²) < 4.78 is 13.0. The van der Waals surface area contributed by atoms with E-state index in [1.165, 1.54) is 24.0 Å². The zero-order valence-corrected chi connectivity index (χ0v) is 8.15. The van der Waals surface area contributed by atoms with E-state index in [9.17, 15) is 4.39 Å². The summed E-state index contributed by atoms with van der Waals surface area (Å²) in [6.07, 6.45) is 4.63. The predicted molar refractivity (Wildman–Crippen MR) is 53.6 cm³/mol. The van der Waals surface area contributed by atoms with E-state index in [0.29, 0.717) is 0 Å². The van der Waals surface area contributed by atoms with Crippen LogP contribution in [-0.4, -0.2) is 6.54 Å². The fourth-order valence-electron chi connectivity index (χ4n) is 2.97. The fraction of sp³-hybridized carbons (Fsp3) is 0.500. The molecule has 1 N–H and O–H groups in total. The smallest absolute Gasteiger partial charge is 0.123 e. The van der Waals surface area contributed by atoms with Gasteiger partial charge in [0.1, 0.15) is 5.82 Å². The third-order valence-corrected chi connectivity index (χ3v) is 3.65. The van der Waals surface area contributed by atoms with Crippen molar-refractivity contribution in [2.75, 3.05) is 6.54 Å². The molecule has 1 aromatic carbocycles. The Kier molecular flexibility index (Phi) is 1.68. The molecule has 1 nitrogen and oxygen atoms in total. The number of fused-ring (bicyclic) bond motifs is 2. The third kappa shape index (κ3) is 1.04. The summed E-state index contributed by atoms with van der Waals surface area (Å²) >= 11 is 0. The maximum absolute atomic E-state index is 13.0. The van der Waals surface area contributed by atoms with Crippen LogP contribution in [0, 0.1) is 5.82 Å². The first-order valence-corrected chi connectivity index (χ1v) is 5.34. The summed E-state index contributed by atoms with van der Waals surface area (Å²) in [5.74, 6) is -0.0983. The number of aryl methyl sites for hydroxylation is 1. The van der Waals surface area contributed by atoms with Gasteiger partial charge in [0.05, 0.1) is 0 Å². The lowest BCUT2D eigenvalue weighted by molar-refractivity contribution is 0.389. The van der Waals surface area contributed by atoms with Crippen LogP contribution < -0.4 is 5.32 Å². The molecule has 1 aliphatic carbocycles. The highest BCUT2D eigenvalue weighted by Gasteiger charge is 2.40. The first-order valence-electron chi connectivity index (χ1n) is 5.34. The highest BCUT2D eigenvalue weighted by Crippen LogP contribution is 2.42. The normalized spacial score (nSPS) is 29.8. The minimum Gasteiger partial charge on any atom is -0.307 e. The molecular formula is C12H14FN. The van der Waals surface area contributed by atoms with Gasteiger partial charge in [-0.15, -0.1) is 0 Å². The topological polar surface area (TPSA) is 12.0 Å². The summed E-state index contributed by atoms with van der Waals surface area (Å²) in [5, 5.41) is 3.59. The highest BCUT2D eigenvalue weighted by atomic mass is 19.1. The van der Waals surface area contributed by atoms with Crippen LogP contribution in [0.25, 0.3) is 0 Å². The molecular weight excluding hydrogens is 177 g/mol. The minimum atomic E-state index is -0.0983. The number of nitrogens with one attached hydrogen (secondary N) is 1. The number of rotatable bonds is 0. The van der Waals surface area contributed by atoms with Gasteiger partial charge in [0.15, 0.2) is 0 Å². The lowest BCUT2D eigenvalue weighted by atomic mass is 9.90. The Bertz CT molecular complexity index is 367. The molecule has 1 unspecified atom stereocenters. The Morgan fingerprint density at radius 3 is 3.00 bits per heavy atom. The standard InChI is InChI=1S/C12H14FN/c13-10-2-3-11-9(8-10)4-6-12(11)5-1-7-14-12/h2-3,8,14H,1,4-7H2. The molecule has 1 atom stereocenters. The Morgan fingerprint density at radius 1 is 1.29 bits per heavy atom. The van der Waals surface area contributed by atoms with Gasteiger partial charge in [0, 0.05) is 5.54 Å². The van der Waals surface area contributed by atoms with Crippen molar-refractivity contribution in [1.82, 2.24) is 5.32 Å². The minimum absolute atomic E-state index is 0.0983. The van der Waals surface area contributed by atoms with Gasteiger partial charge in [-0.05, 0) is 55.5 Å². The number of hydrogen-bond donors (Lipinski definition) is 1. The highest BCUT2D eigenvalue weighted by molar-refractivity contribution is 5.39. The number of benzene rings is 1. The van der Waals surface area contributed by atoms with Gasteiger partial charge in [-0.3, -0.25) is 0 Å². The Labute approximate surface area is 83.3 Å². The van der Waals surface area contributed by atoms with Crippen LogP contribution in [0.5, 0.6) is 0 Å². The van der Waals surface area contributed by atoms with Crippen LogP contribution in [0.4, 0.5) is 4.39 Å². The van der Waals surface area contributed by atoms with E-state index >= 15 is 0 Å². The van der Waals surface area contributed by atoms with Gasteiger partial charge in [-0.25, -0.2) is 4.39 Å². The van der Waals surface area contributed by atoms with Gasteiger partial charge < -0.3 is 5.32 Å². The van der Waals surface area contributed by atoms with E-state index in [1.54, 1.807) is 12.1 Å².